The number of nitrogens with zero attached hydrogens (tertiary/aromatic N) is 1. The van der Waals surface area contributed by atoms with E-state index in [1.54, 1.807) is 91.0 Å². The predicted molar refractivity (Wildman–Crippen MR) is 155 cm³/mol. The molecule has 0 amide bonds. The van der Waals surface area contributed by atoms with Crippen molar-refractivity contribution in [3.8, 4) is 5.75 Å². The number of carbonyl (C=O) groups is 3. The van der Waals surface area contributed by atoms with Gasteiger partial charge < -0.3 is 9.64 Å². The first-order valence-electron chi connectivity index (χ1n) is 13.3. The monoisotopic (exact) mass is 563 g/mol. The summed E-state index contributed by atoms with van der Waals surface area (Å²) in [7, 11) is 1.51. The SMILES string of the molecule is COc1cccc(C(=O)C2C(c3ccccc3F)C3(C(=O)c4ccccc4C3=O)C3C=Cc4cc(Cl)ccc4N23)c1. The summed E-state index contributed by atoms with van der Waals surface area (Å²) < 4.78 is 21.2. The van der Waals surface area contributed by atoms with E-state index in [0.29, 0.717) is 22.0 Å². The van der Waals surface area contributed by atoms with E-state index in [2.05, 4.69) is 0 Å². The number of carbonyl (C=O) groups excluding carboxylic acids is 3. The molecule has 7 heteroatoms. The van der Waals surface area contributed by atoms with Crippen molar-refractivity contribution in [3.63, 3.8) is 0 Å². The van der Waals surface area contributed by atoms with Gasteiger partial charge in [0.25, 0.3) is 0 Å². The largest absolute Gasteiger partial charge is 0.497 e. The second-order valence-electron chi connectivity index (χ2n) is 10.5. The third kappa shape index (κ3) is 3.44. The van der Waals surface area contributed by atoms with E-state index in [9.17, 15) is 14.4 Å². The number of halogens is 2. The first-order chi connectivity index (χ1) is 19.9. The third-order valence-corrected chi connectivity index (χ3v) is 8.86. The van der Waals surface area contributed by atoms with Gasteiger partial charge in [0.05, 0.1) is 13.2 Å². The van der Waals surface area contributed by atoms with Crippen LogP contribution in [0.5, 0.6) is 5.75 Å². The first kappa shape index (κ1) is 25.4. The molecule has 5 nitrogen and oxygen atoms in total. The number of ketones is 3. The normalized spacial score (nSPS) is 21.5. The second-order valence-corrected chi connectivity index (χ2v) is 11.0. The first-order valence-corrected chi connectivity index (χ1v) is 13.6. The number of hydrogen-bond donors (Lipinski definition) is 0. The number of anilines is 1. The maximum atomic E-state index is 15.8. The maximum absolute atomic E-state index is 15.8. The molecule has 202 valence electrons. The van der Waals surface area contributed by atoms with Crippen LogP contribution in [-0.4, -0.2) is 36.5 Å². The molecule has 3 unspecified atom stereocenters. The molecular formula is C34H23ClFNO4. The molecule has 0 aromatic heterocycles. The van der Waals surface area contributed by atoms with Crippen LogP contribution in [0.15, 0.2) is 97.1 Å². The Kier molecular flexibility index (Phi) is 5.73. The Balaban J connectivity index is 1.56. The number of methoxy groups -OCH3 is 1. The van der Waals surface area contributed by atoms with Crippen LogP contribution in [0.2, 0.25) is 5.02 Å². The van der Waals surface area contributed by atoms with Crippen molar-refractivity contribution in [2.45, 2.75) is 18.0 Å². The molecule has 1 aliphatic carbocycles. The lowest BCUT2D eigenvalue weighted by atomic mass is 9.64. The number of ether oxygens (including phenoxy) is 1. The third-order valence-electron chi connectivity index (χ3n) is 8.63. The van der Waals surface area contributed by atoms with Gasteiger partial charge in [0.15, 0.2) is 17.3 Å². The molecule has 1 fully saturated rings. The number of benzene rings is 4. The molecule has 4 aromatic carbocycles. The van der Waals surface area contributed by atoms with Crippen LogP contribution in [0.3, 0.4) is 0 Å². The van der Waals surface area contributed by atoms with E-state index in [4.69, 9.17) is 16.3 Å². The maximum Gasteiger partial charge on any atom is 0.186 e. The molecule has 4 aromatic rings. The number of hydrogen-bond acceptors (Lipinski definition) is 5. The van der Waals surface area contributed by atoms with E-state index in [1.807, 2.05) is 11.0 Å². The standard InChI is InChI=1S/C34H23ClFNO4/c1-41-22-8-6-7-20(18-22)31(38)30-29(25-11-4-5-12-26(25)36)34(32(39)23-9-2-3-10-24(23)33(34)40)28-16-13-19-17-21(35)14-15-27(19)37(28)30/h2-18,28-30H,1H3. The summed E-state index contributed by atoms with van der Waals surface area (Å²) >= 11 is 6.33. The van der Waals surface area contributed by atoms with Crippen molar-refractivity contribution in [1.29, 1.82) is 0 Å². The average molecular weight is 564 g/mol. The van der Waals surface area contributed by atoms with Gasteiger partial charge in [-0.25, -0.2) is 4.39 Å². The van der Waals surface area contributed by atoms with Crippen LogP contribution in [0, 0.1) is 11.2 Å². The van der Waals surface area contributed by atoms with Gasteiger partial charge in [0.1, 0.15) is 23.0 Å². The van der Waals surface area contributed by atoms with Crippen molar-refractivity contribution in [2.75, 3.05) is 12.0 Å². The molecule has 7 rings (SSSR count). The molecule has 3 aliphatic rings. The fourth-order valence-corrected chi connectivity index (χ4v) is 7.15. The summed E-state index contributed by atoms with van der Waals surface area (Å²) in [6.45, 7) is 0. The van der Waals surface area contributed by atoms with Crippen molar-refractivity contribution in [3.05, 3.63) is 136 Å². The molecule has 41 heavy (non-hydrogen) atoms. The molecule has 2 aliphatic heterocycles. The van der Waals surface area contributed by atoms with Crippen molar-refractivity contribution < 1.29 is 23.5 Å². The van der Waals surface area contributed by atoms with E-state index >= 15 is 4.39 Å². The highest BCUT2D eigenvalue weighted by Crippen LogP contribution is 2.61. The minimum atomic E-state index is -1.78. The van der Waals surface area contributed by atoms with Crippen molar-refractivity contribution in [2.24, 2.45) is 5.41 Å². The molecule has 1 spiro atoms. The van der Waals surface area contributed by atoms with Crippen molar-refractivity contribution >= 4 is 40.7 Å². The number of Topliss-reactive ketones (excluding diaryl/α,β-unsaturated/α-hetero) is 3. The highest BCUT2D eigenvalue weighted by Gasteiger charge is 2.71. The molecule has 0 N–H and O–H groups in total. The summed E-state index contributed by atoms with van der Waals surface area (Å²) in [5, 5.41) is 0.502. The van der Waals surface area contributed by atoms with Gasteiger partial charge in [-0.2, -0.15) is 0 Å². The minimum Gasteiger partial charge on any atom is -0.497 e. The summed E-state index contributed by atoms with van der Waals surface area (Å²) in [5.74, 6) is -2.42. The second kappa shape index (κ2) is 9.25. The highest BCUT2D eigenvalue weighted by molar-refractivity contribution is 6.32. The number of fused-ring (bicyclic) bond motifs is 5. The van der Waals surface area contributed by atoms with Crippen LogP contribution in [0.25, 0.3) is 6.08 Å². The molecule has 2 heterocycles. The lowest BCUT2D eigenvalue weighted by molar-refractivity contribution is 0.0664. The molecular weight excluding hydrogens is 541 g/mol. The molecule has 0 bridgehead atoms. The Morgan fingerprint density at radius 2 is 1.61 bits per heavy atom. The zero-order chi connectivity index (χ0) is 28.5. The van der Waals surface area contributed by atoms with E-state index in [0.717, 1.165) is 5.56 Å². The van der Waals surface area contributed by atoms with Gasteiger partial charge in [0, 0.05) is 33.3 Å². The van der Waals surface area contributed by atoms with Gasteiger partial charge in [-0.1, -0.05) is 78.4 Å². The van der Waals surface area contributed by atoms with Gasteiger partial charge in [-0.15, -0.1) is 0 Å². The van der Waals surface area contributed by atoms with Crippen LogP contribution in [-0.2, 0) is 0 Å². The van der Waals surface area contributed by atoms with Crippen molar-refractivity contribution in [1.82, 2.24) is 0 Å². The Morgan fingerprint density at radius 1 is 0.902 bits per heavy atom. The smallest absolute Gasteiger partial charge is 0.186 e. The quantitative estimate of drug-likeness (QED) is 0.202. The average Bonchev–Trinajstić information content (AvgIpc) is 3.43. The van der Waals surface area contributed by atoms with Crippen LogP contribution in [0.1, 0.15) is 48.1 Å². The van der Waals surface area contributed by atoms with Crippen LogP contribution >= 0.6 is 11.6 Å². The Hall–Kier alpha value is -4.55. The summed E-state index contributed by atoms with van der Waals surface area (Å²) in [5.41, 5.74) is 0.620. The van der Waals surface area contributed by atoms with Gasteiger partial charge in [-0.05, 0) is 47.5 Å². The molecule has 1 saturated heterocycles. The zero-order valence-electron chi connectivity index (χ0n) is 21.9. The van der Waals surface area contributed by atoms with Gasteiger partial charge in [0.2, 0.25) is 0 Å². The highest BCUT2D eigenvalue weighted by atomic mass is 35.5. The lowest BCUT2D eigenvalue weighted by Crippen LogP contribution is -2.48. The van der Waals surface area contributed by atoms with Crippen LogP contribution in [0.4, 0.5) is 10.1 Å². The van der Waals surface area contributed by atoms with Gasteiger partial charge >= 0.3 is 0 Å². The van der Waals surface area contributed by atoms with Crippen LogP contribution < -0.4 is 9.64 Å². The topological polar surface area (TPSA) is 63.7 Å². The fourth-order valence-electron chi connectivity index (χ4n) is 6.97. The summed E-state index contributed by atoms with van der Waals surface area (Å²) in [6, 6.07) is 22.8. The lowest BCUT2D eigenvalue weighted by Gasteiger charge is -2.37. The number of rotatable bonds is 4. The van der Waals surface area contributed by atoms with E-state index < -0.39 is 40.8 Å². The predicted octanol–water partition coefficient (Wildman–Crippen LogP) is 6.80. The molecule has 3 atom stereocenters. The van der Waals surface area contributed by atoms with E-state index in [1.165, 1.54) is 13.2 Å². The Labute approximate surface area is 240 Å². The molecule has 0 saturated carbocycles. The Bertz CT molecular complexity index is 1780. The Morgan fingerprint density at radius 3 is 2.32 bits per heavy atom. The van der Waals surface area contributed by atoms with E-state index in [-0.39, 0.29) is 22.5 Å². The summed E-state index contributed by atoms with van der Waals surface area (Å²) in [4.78, 5) is 45.7. The zero-order valence-corrected chi connectivity index (χ0v) is 22.6. The van der Waals surface area contributed by atoms with Gasteiger partial charge in [-0.3, -0.25) is 14.4 Å². The summed E-state index contributed by atoms with van der Waals surface area (Å²) in [6.07, 6.45) is 3.61. The fraction of sp³-hybridized carbons (Fsp3) is 0.147. The molecule has 0 radical (unpaired) electrons. The minimum absolute atomic E-state index is 0.140.